The van der Waals surface area contributed by atoms with Crippen molar-refractivity contribution in [3.63, 3.8) is 0 Å². The normalized spacial score (nSPS) is 10.9. The maximum Gasteiger partial charge on any atom is 0.335 e. The third kappa shape index (κ3) is 3.92. The zero-order valence-corrected chi connectivity index (χ0v) is 15.0. The summed E-state index contributed by atoms with van der Waals surface area (Å²) in [6.07, 6.45) is 0.581. The van der Waals surface area contributed by atoms with Gasteiger partial charge in [0.1, 0.15) is 6.54 Å². The molecule has 1 aromatic heterocycles. The lowest BCUT2D eigenvalue weighted by Crippen LogP contribution is -2.34. The molecular formula is C20H21N3O4. The second kappa shape index (κ2) is 7.90. The number of amides is 1. The number of imidazole rings is 1. The molecule has 0 radical (unpaired) electrons. The van der Waals surface area contributed by atoms with Crippen LogP contribution < -0.4 is 11.0 Å². The number of benzene rings is 2. The molecule has 140 valence electrons. The molecule has 0 bridgehead atoms. The fourth-order valence-corrected chi connectivity index (χ4v) is 3.09. The number of nitrogens with zero attached hydrogens (tertiary/aromatic N) is 2. The Morgan fingerprint density at radius 2 is 1.63 bits per heavy atom. The van der Waals surface area contributed by atoms with E-state index in [1.807, 2.05) is 31.2 Å². The number of aromatic carboxylic acids is 1. The predicted octanol–water partition coefficient (Wildman–Crippen LogP) is 1.88. The molecule has 0 aliphatic heterocycles. The fraction of sp³-hybridized carbons (Fsp3) is 0.250. The van der Waals surface area contributed by atoms with E-state index in [-0.39, 0.29) is 23.7 Å². The Morgan fingerprint density at radius 3 is 2.22 bits per heavy atom. The summed E-state index contributed by atoms with van der Waals surface area (Å²) < 4.78 is 3.13. The van der Waals surface area contributed by atoms with Crippen molar-refractivity contribution >= 4 is 22.9 Å². The first-order valence-electron chi connectivity index (χ1n) is 8.78. The number of aromatic nitrogens is 2. The third-order valence-corrected chi connectivity index (χ3v) is 4.48. The highest BCUT2D eigenvalue weighted by molar-refractivity contribution is 5.87. The van der Waals surface area contributed by atoms with Crippen molar-refractivity contribution in [1.29, 1.82) is 0 Å². The molecule has 0 saturated carbocycles. The molecule has 0 fully saturated rings. The van der Waals surface area contributed by atoms with Crippen molar-refractivity contribution in [2.75, 3.05) is 6.54 Å². The maximum absolute atomic E-state index is 12.5. The summed E-state index contributed by atoms with van der Waals surface area (Å²) in [5.74, 6) is -1.20. The molecule has 2 N–H and O–H groups in total. The van der Waals surface area contributed by atoms with Gasteiger partial charge in [-0.2, -0.15) is 0 Å². The van der Waals surface area contributed by atoms with Gasteiger partial charge < -0.3 is 10.4 Å². The third-order valence-electron chi connectivity index (χ3n) is 4.48. The van der Waals surface area contributed by atoms with Crippen LogP contribution in [-0.4, -0.2) is 32.7 Å². The lowest BCUT2D eigenvalue weighted by Gasteiger charge is -2.07. The van der Waals surface area contributed by atoms with Crippen LogP contribution in [0.2, 0.25) is 0 Å². The second-order valence-electron chi connectivity index (χ2n) is 6.20. The van der Waals surface area contributed by atoms with Gasteiger partial charge in [-0.25, -0.2) is 9.59 Å². The van der Waals surface area contributed by atoms with E-state index >= 15 is 0 Å². The summed E-state index contributed by atoms with van der Waals surface area (Å²) in [5.41, 5.74) is 2.52. The molecule has 0 unspecified atom stereocenters. The monoisotopic (exact) mass is 367 g/mol. The van der Waals surface area contributed by atoms with E-state index < -0.39 is 5.97 Å². The minimum atomic E-state index is -0.966. The molecule has 0 aliphatic rings. The van der Waals surface area contributed by atoms with E-state index in [9.17, 15) is 14.4 Å². The van der Waals surface area contributed by atoms with Crippen molar-refractivity contribution in [3.05, 3.63) is 70.1 Å². The van der Waals surface area contributed by atoms with Crippen LogP contribution in [0.4, 0.5) is 0 Å². The molecular weight excluding hydrogens is 346 g/mol. The summed E-state index contributed by atoms with van der Waals surface area (Å²) in [6, 6.07) is 14.0. The van der Waals surface area contributed by atoms with Crippen molar-refractivity contribution in [2.45, 2.75) is 26.4 Å². The van der Waals surface area contributed by atoms with E-state index in [0.29, 0.717) is 19.5 Å². The Hall–Kier alpha value is -3.35. The number of carboxylic acid groups (broad SMARTS) is 1. The molecule has 3 aromatic rings. The van der Waals surface area contributed by atoms with Gasteiger partial charge in [0.15, 0.2) is 0 Å². The highest BCUT2D eigenvalue weighted by Crippen LogP contribution is 2.12. The standard InChI is InChI=1S/C20H21N3O4/c1-2-22-16-5-3-4-6-17(16)23(20(22)27)13-18(24)21-12-11-14-7-9-15(10-8-14)19(25)26/h3-10H,2,11-13H2,1H3,(H,21,24)(H,25,26). The number of aryl methyl sites for hydroxylation is 1. The molecule has 7 heteroatoms. The fourth-order valence-electron chi connectivity index (χ4n) is 3.09. The van der Waals surface area contributed by atoms with Crippen molar-refractivity contribution < 1.29 is 14.7 Å². The number of hydrogen-bond donors (Lipinski definition) is 2. The highest BCUT2D eigenvalue weighted by Gasteiger charge is 2.14. The van der Waals surface area contributed by atoms with E-state index in [1.54, 1.807) is 28.8 Å². The Balaban J connectivity index is 1.63. The molecule has 0 atom stereocenters. The minimum absolute atomic E-state index is 0.0374. The lowest BCUT2D eigenvalue weighted by atomic mass is 10.1. The van der Waals surface area contributed by atoms with Gasteiger partial charge in [0.05, 0.1) is 16.6 Å². The van der Waals surface area contributed by atoms with Crippen molar-refractivity contribution in [2.24, 2.45) is 0 Å². The van der Waals surface area contributed by atoms with Gasteiger partial charge in [0, 0.05) is 13.1 Å². The lowest BCUT2D eigenvalue weighted by molar-refractivity contribution is -0.121. The number of carboxylic acids is 1. The summed E-state index contributed by atoms with van der Waals surface area (Å²) >= 11 is 0. The number of fused-ring (bicyclic) bond motifs is 1. The molecule has 27 heavy (non-hydrogen) atoms. The Bertz CT molecular complexity index is 1030. The molecule has 1 heterocycles. The maximum atomic E-state index is 12.5. The Morgan fingerprint density at radius 1 is 1.00 bits per heavy atom. The van der Waals surface area contributed by atoms with E-state index in [0.717, 1.165) is 16.6 Å². The van der Waals surface area contributed by atoms with Gasteiger partial charge in [-0.15, -0.1) is 0 Å². The van der Waals surface area contributed by atoms with Crippen LogP contribution in [0, 0.1) is 0 Å². The quantitative estimate of drug-likeness (QED) is 0.667. The summed E-state index contributed by atoms with van der Waals surface area (Å²) in [6.45, 7) is 2.81. The number of hydrogen-bond acceptors (Lipinski definition) is 3. The zero-order chi connectivity index (χ0) is 19.4. The molecule has 2 aromatic carbocycles. The van der Waals surface area contributed by atoms with E-state index in [2.05, 4.69) is 5.32 Å². The SMILES string of the molecule is CCn1c(=O)n(CC(=O)NCCc2ccc(C(=O)O)cc2)c2ccccc21. The van der Waals surface area contributed by atoms with E-state index in [4.69, 9.17) is 5.11 Å². The average molecular weight is 367 g/mol. The predicted molar refractivity (Wildman–Crippen MR) is 102 cm³/mol. The van der Waals surface area contributed by atoms with Crippen LogP contribution in [0.3, 0.4) is 0 Å². The van der Waals surface area contributed by atoms with Crippen LogP contribution in [0.1, 0.15) is 22.8 Å². The topological polar surface area (TPSA) is 93.3 Å². The van der Waals surface area contributed by atoms with Crippen molar-refractivity contribution in [3.8, 4) is 0 Å². The van der Waals surface area contributed by atoms with E-state index in [1.165, 1.54) is 4.57 Å². The summed E-state index contributed by atoms with van der Waals surface area (Å²) in [4.78, 5) is 35.7. The summed E-state index contributed by atoms with van der Waals surface area (Å²) in [7, 11) is 0. The van der Waals surface area contributed by atoms with Crippen LogP contribution in [0.15, 0.2) is 53.3 Å². The van der Waals surface area contributed by atoms with Gasteiger partial charge in [-0.3, -0.25) is 13.9 Å². The van der Waals surface area contributed by atoms with Crippen LogP contribution in [0.25, 0.3) is 11.0 Å². The smallest absolute Gasteiger partial charge is 0.335 e. The Labute approximate surface area is 155 Å². The molecule has 0 aliphatic carbocycles. The molecule has 1 amide bonds. The zero-order valence-electron chi connectivity index (χ0n) is 15.0. The number of carbonyl (C=O) groups is 2. The van der Waals surface area contributed by atoms with Crippen LogP contribution in [0.5, 0.6) is 0 Å². The average Bonchev–Trinajstić information content (AvgIpc) is 2.93. The first-order chi connectivity index (χ1) is 13.0. The Kier molecular flexibility index (Phi) is 5.40. The van der Waals surface area contributed by atoms with Gasteiger partial charge in [0.25, 0.3) is 0 Å². The van der Waals surface area contributed by atoms with Gasteiger partial charge in [-0.05, 0) is 43.2 Å². The van der Waals surface area contributed by atoms with Crippen molar-refractivity contribution in [1.82, 2.24) is 14.5 Å². The number of carbonyl (C=O) groups excluding carboxylic acids is 1. The van der Waals surface area contributed by atoms with Gasteiger partial charge in [-0.1, -0.05) is 24.3 Å². The molecule has 3 rings (SSSR count). The van der Waals surface area contributed by atoms with Gasteiger partial charge >= 0.3 is 11.7 Å². The van der Waals surface area contributed by atoms with Gasteiger partial charge in [0.2, 0.25) is 5.91 Å². The number of nitrogens with one attached hydrogen (secondary N) is 1. The molecule has 0 spiro atoms. The first kappa shape index (κ1) is 18.4. The molecule has 0 saturated heterocycles. The molecule has 7 nitrogen and oxygen atoms in total. The minimum Gasteiger partial charge on any atom is -0.478 e. The second-order valence-corrected chi connectivity index (χ2v) is 6.20. The first-order valence-corrected chi connectivity index (χ1v) is 8.78. The largest absolute Gasteiger partial charge is 0.478 e. The van der Waals surface area contributed by atoms with Crippen LogP contribution >= 0.6 is 0 Å². The summed E-state index contributed by atoms with van der Waals surface area (Å²) in [5, 5.41) is 11.7. The number of rotatable bonds is 7. The van der Waals surface area contributed by atoms with Crippen LogP contribution in [-0.2, 0) is 24.3 Å². The highest BCUT2D eigenvalue weighted by atomic mass is 16.4. The number of para-hydroxylation sites is 2.